The Morgan fingerprint density at radius 1 is 1.11 bits per heavy atom. The maximum absolute atomic E-state index is 13.0. The Kier molecular flexibility index (Phi) is 9.05. The summed E-state index contributed by atoms with van der Waals surface area (Å²) in [7, 11) is 1.43. The van der Waals surface area contributed by atoms with Gasteiger partial charge in [0.2, 0.25) is 0 Å². The molecule has 0 radical (unpaired) electrons. The number of methoxy groups -OCH3 is 1. The Balaban J connectivity index is 1.73. The van der Waals surface area contributed by atoms with Gasteiger partial charge in [0.15, 0.2) is 18.1 Å². The maximum Gasteiger partial charge on any atom is 0.266 e. The van der Waals surface area contributed by atoms with Gasteiger partial charge in [-0.1, -0.05) is 17.7 Å². The smallest absolute Gasteiger partial charge is 0.266 e. The number of hydrogen-bond acceptors (Lipinski definition) is 5. The van der Waals surface area contributed by atoms with Crippen LogP contribution in [0, 0.1) is 20.7 Å². The fourth-order valence-electron chi connectivity index (χ4n) is 2.91. The summed E-state index contributed by atoms with van der Waals surface area (Å²) >= 11 is 7.93. The third kappa shape index (κ3) is 7.43. The topological polar surface area (TPSA) is 100 Å². The minimum atomic E-state index is -0.596. The minimum Gasteiger partial charge on any atom is -0.493 e. The second-order valence-electron chi connectivity index (χ2n) is 7.01. The van der Waals surface area contributed by atoms with Crippen LogP contribution in [0.2, 0.25) is 5.02 Å². The number of ether oxygens (including phenoxy) is 2. The highest BCUT2D eigenvalue weighted by atomic mass is 127. The maximum atomic E-state index is 13.0. The second-order valence-corrected chi connectivity index (χ2v) is 8.61. The fourth-order valence-corrected chi connectivity index (χ4v) is 3.88. The van der Waals surface area contributed by atoms with Crippen LogP contribution >= 0.6 is 34.2 Å². The van der Waals surface area contributed by atoms with E-state index in [-0.39, 0.29) is 12.2 Å². The van der Waals surface area contributed by atoms with Crippen LogP contribution in [0.5, 0.6) is 11.5 Å². The predicted octanol–water partition coefficient (Wildman–Crippen LogP) is 5.66. The Morgan fingerprint density at radius 3 is 2.51 bits per heavy atom. The van der Waals surface area contributed by atoms with Gasteiger partial charge < -0.3 is 20.1 Å². The molecule has 10 heteroatoms. The first kappa shape index (κ1) is 26.0. The van der Waals surface area contributed by atoms with Gasteiger partial charge in [-0.15, -0.1) is 0 Å². The van der Waals surface area contributed by atoms with Gasteiger partial charge in [0, 0.05) is 16.4 Å². The molecule has 178 valence electrons. The zero-order valence-corrected chi connectivity index (χ0v) is 21.2. The molecule has 3 aromatic carbocycles. The van der Waals surface area contributed by atoms with Crippen LogP contribution in [0.15, 0.2) is 66.2 Å². The van der Waals surface area contributed by atoms with Gasteiger partial charge in [0.05, 0.1) is 10.7 Å². The quantitative estimate of drug-likeness (QED) is 0.196. The number of carbonyl (C=O) groups is 2. The highest BCUT2D eigenvalue weighted by Gasteiger charge is 2.15. The summed E-state index contributed by atoms with van der Waals surface area (Å²) in [6.07, 6.45) is 1.41. The van der Waals surface area contributed by atoms with E-state index >= 15 is 0 Å². The number of amides is 2. The number of benzene rings is 3. The summed E-state index contributed by atoms with van der Waals surface area (Å²) < 4.78 is 24.6. The molecule has 0 atom stereocenters. The molecular weight excluding hydrogens is 588 g/mol. The highest BCUT2D eigenvalue weighted by Crippen LogP contribution is 2.34. The molecule has 0 fully saturated rings. The average Bonchev–Trinajstić information content (AvgIpc) is 2.82. The lowest BCUT2D eigenvalue weighted by atomic mass is 10.1. The molecule has 35 heavy (non-hydrogen) atoms. The first-order chi connectivity index (χ1) is 16.8. The Morgan fingerprint density at radius 2 is 1.86 bits per heavy atom. The molecule has 0 aliphatic carbocycles. The van der Waals surface area contributed by atoms with Crippen molar-refractivity contribution in [1.82, 2.24) is 0 Å². The molecule has 0 saturated heterocycles. The van der Waals surface area contributed by atoms with Crippen LogP contribution in [0.4, 0.5) is 15.8 Å². The van der Waals surface area contributed by atoms with E-state index in [0.29, 0.717) is 37.0 Å². The number of carbonyl (C=O) groups excluding carboxylic acids is 2. The molecule has 0 unspecified atom stereocenters. The van der Waals surface area contributed by atoms with Gasteiger partial charge >= 0.3 is 0 Å². The number of nitrogens with one attached hydrogen (secondary N) is 2. The first-order valence-electron chi connectivity index (χ1n) is 10.0. The summed E-state index contributed by atoms with van der Waals surface area (Å²) in [5, 5.41) is 15.2. The molecule has 0 saturated carbocycles. The lowest BCUT2D eigenvalue weighted by Gasteiger charge is -2.14. The van der Waals surface area contributed by atoms with Crippen molar-refractivity contribution in [1.29, 1.82) is 5.26 Å². The van der Waals surface area contributed by atoms with Gasteiger partial charge in [0.25, 0.3) is 11.8 Å². The van der Waals surface area contributed by atoms with Crippen molar-refractivity contribution in [2.45, 2.75) is 0 Å². The van der Waals surface area contributed by atoms with Crippen LogP contribution in [-0.2, 0) is 9.59 Å². The summed E-state index contributed by atoms with van der Waals surface area (Å²) in [4.78, 5) is 24.8. The molecule has 3 rings (SSSR count). The highest BCUT2D eigenvalue weighted by molar-refractivity contribution is 14.1. The zero-order valence-electron chi connectivity index (χ0n) is 18.3. The van der Waals surface area contributed by atoms with Gasteiger partial charge in [-0.25, -0.2) is 4.39 Å². The zero-order chi connectivity index (χ0) is 25.4. The molecule has 0 heterocycles. The van der Waals surface area contributed by atoms with E-state index in [0.717, 1.165) is 0 Å². The standard InChI is InChI=1S/C25H18ClFIN3O4/c1-34-22-11-15(9-16(13-29)25(33)31-20-4-2-3-17(26)12-20)10-21(28)24(22)35-14-23(32)30-19-7-5-18(27)6-8-19/h2-12H,14H2,1H3,(H,30,32)(H,31,33)/b16-9-. The van der Waals surface area contributed by atoms with Crippen LogP contribution in [0.1, 0.15) is 5.56 Å². The molecule has 3 aromatic rings. The van der Waals surface area contributed by atoms with E-state index in [1.807, 2.05) is 28.7 Å². The molecular formula is C25H18ClFIN3O4. The third-order valence-corrected chi connectivity index (χ3v) is 5.52. The van der Waals surface area contributed by atoms with Crippen molar-refractivity contribution < 1.29 is 23.5 Å². The van der Waals surface area contributed by atoms with E-state index in [1.54, 1.807) is 36.4 Å². The SMILES string of the molecule is COc1cc(/C=C(/C#N)C(=O)Nc2cccc(Cl)c2)cc(I)c1OCC(=O)Nc1ccc(F)cc1. The van der Waals surface area contributed by atoms with Crippen molar-refractivity contribution >= 4 is 63.5 Å². The van der Waals surface area contributed by atoms with E-state index in [2.05, 4.69) is 10.6 Å². The molecule has 0 aromatic heterocycles. The van der Waals surface area contributed by atoms with Gasteiger partial charge in [-0.05, 0) is 88.8 Å². The van der Waals surface area contributed by atoms with Crippen molar-refractivity contribution in [3.05, 3.63) is 86.2 Å². The van der Waals surface area contributed by atoms with Gasteiger partial charge in [0.1, 0.15) is 17.5 Å². The summed E-state index contributed by atoms with van der Waals surface area (Å²) in [5.74, 6) is -0.815. The monoisotopic (exact) mass is 605 g/mol. The molecule has 2 N–H and O–H groups in total. The van der Waals surface area contributed by atoms with Crippen molar-refractivity contribution in [2.24, 2.45) is 0 Å². The Bertz CT molecular complexity index is 1320. The Hall–Kier alpha value is -3.62. The van der Waals surface area contributed by atoms with Crippen molar-refractivity contribution in [3.8, 4) is 17.6 Å². The second kappa shape index (κ2) is 12.2. The number of anilines is 2. The number of rotatable bonds is 8. The van der Waals surface area contributed by atoms with Crippen molar-refractivity contribution in [3.63, 3.8) is 0 Å². The molecule has 0 aliphatic rings. The van der Waals surface area contributed by atoms with Crippen LogP contribution in [-0.4, -0.2) is 25.5 Å². The summed E-state index contributed by atoms with van der Waals surface area (Å²) in [5.41, 5.74) is 1.28. The van der Waals surface area contributed by atoms with Crippen LogP contribution in [0.25, 0.3) is 6.08 Å². The van der Waals surface area contributed by atoms with Gasteiger partial charge in [-0.3, -0.25) is 9.59 Å². The molecule has 0 bridgehead atoms. The minimum absolute atomic E-state index is 0.129. The third-order valence-electron chi connectivity index (χ3n) is 4.49. The lowest BCUT2D eigenvalue weighted by molar-refractivity contribution is -0.118. The number of hydrogen-bond donors (Lipinski definition) is 2. The predicted molar refractivity (Wildman–Crippen MR) is 140 cm³/mol. The normalized spacial score (nSPS) is 10.8. The van der Waals surface area contributed by atoms with Crippen LogP contribution in [0.3, 0.4) is 0 Å². The number of halogens is 3. The Labute approximate surface area is 219 Å². The molecule has 7 nitrogen and oxygen atoms in total. The largest absolute Gasteiger partial charge is 0.493 e. The van der Waals surface area contributed by atoms with E-state index < -0.39 is 17.6 Å². The van der Waals surface area contributed by atoms with Gasteiger partial charge in [-0.2, -0.15) is 5.26 Å². The average molecular weight is 606 g/mol. The number of nitriles is 1. The molecule has 0 spiro atoms. The van der Waals surface area contributed by atoms with E-state index in [9.17, 15) is 19.2 Å². The van der Waals surface area contributed by atoms with Crippen molar-refractivity contribution in [2.75, 3.05) is 24.4 Å². The molecule has 0 aliphatic heterocycles. The molecule has 2 amide bonds. The van der Waals surface area contributed by atoms with Crippen LogP contribution < -0.4 is 20.1 Å². The fraction of sp³-hybridized carbons (Fsp3) is 0.0800. The summed E-state index contributed by atoms with van der Waals surface area (Å²) in [6.45, 7) is -0.315. The lowest BCUT2D eigenvalue weighted by Crippen LogP contribution is -2.20. The summed E-state index contributed by atoms with van der Waals surface area (Å²) in [6, 6.07) is 17.1. The van der Waals surface area contributed by atoms with E-state index in [1.165, 1.54) is 37.5 Å². The van der Waals surface area contributed by atoms with E-state index in [4.69, 9.17) is 21.1 Å². The number of nitrogens with zero attached hydrogens (tertiary/aromatic N) is 1. The first-order valence-corrected chi connectivity index (χ1v) is 11.5.